The molecule has 0 bridgehead atoms. The molecular formula is C10H4I2. The average Bonchev–Trinajstić information content (AvgIpc) is 2.09. The van der Waals surface area contributed by atoms with E-state index in [0.717, 1.165) is 11.1 Å². The first-order chi connectivity index (χ1) is 5.86. The second-order valence-electron chi connectivity index (χ2n) is 2.02. The highest BCUT2D eigenvalue weighted by atomic mass is 127. The fourth-order valence-corrected chi connectivity index (χ4v) is 1.37. The number of hydrogen-bond donors (Lipinski definition) is 0. The van der Waals surface area contributed by atoms with E-state index in [4.69, 9.17) is 0 Å². The normalized spacial score (nSPS) is 7.50. The number of hydrogen-bond acceptors (Lipinski definition) is 0. The topological polar surface area (TPSA) is 0 Å². The van der Waals surface area contributed by atoms with Crippen molar-refractivity contribution in [2.75, 3.05) is 0 Å². The van der Waals surface area contributed by atoms with E-state index < -0.39 is 0 Å². The van der Waals surface area contributed by atoms with Crippen molar-refractivity contribution in [3.05, 3.63) is 35.4 Å². The standard InChI is InChI=1S/C10H4I2/c11-7-5-9-1-2-10(4-3-9)6-8-12/h1-4H. The zero-order valence-corrected chi connectivity index (χ0v) is 10.4. The Balaban J connectivity index is 2.95. The highest BCUT2D eigenvalue weighted by Crippen LogP contribution is 2.02. The predicted molar refractivity (Wildman–Crippen MR) is 68.2 cm³/mol. The molecule has 0 amide bonds. The summed E-state index contributed by atoms with van der Waals surface area (Å²) in [5, 5.41) is 0. The van der Waals surface area contributed by atoms with Gasteiger partial charge in [0.15, 0.2) is 0 Å². The third-order valence-electron chi connectivity index (χ3n) is 1.27. The van der Waals surface area contributed by atoms with E-state index in [2.05, 4.69) is 19.7 Å². The lowest BCUT2D eigenvalue weighted by Gasteiger charge is -1.89. The van der Waals surface area contributed by atoms with E-state index in [1.807, 2.05) is 69.4 Å². The Bertz CT molecular complexity index is 329. The van der Waals surface area contributed by atoms with Gasteiger partial charge >= 0.3 is 0 Å². The third-order valence-corrected chi connectivity index (χ3v) is 1.81. The first-order valence-electron chi connectivity index (χ1n) is 3.20. The van der Waals surface area contributed by atoms with Crippen LogP contribution < -0.4 is 0 Å². The lowest BCUT2D eigenvalue weighted by molar-refractivity contribution is 1.61. The largest absolute Gasteiger partial charge is 0.0556 e. The van der Waals surface area contributed by atoms with Gasteiger partial charge in [0.2, 0.25) is 0 Å². The second kappa shape index (κ2) is 5.45. The SMILES string of the molecule is IC#Cc1ccc(C#CI)cc1. The molecule has 0 radical (unpaired) electrons. The summed E-state index contributed by atoms with van der Waals surface area (Å²) in [6, 6.07) is 7.90. The van der Waals surface area contributed by atoms with Gasteiger partial charge in [0, 0.05) is 56.3 Å². The van der Waals surface area contributed by atoms with Crippen LogP contribution in [0.4, 0.5) is 0 Å². The molecule has 0 aromatic heterocycles. The van der Waals surface area contributed by atoms with Crippen LogP contribution in [-0.2, 0) is 0 Å². The van der Waals surface area contributed by atoms with Crippen LogP contribution in [0.15, 0.2) is 24.3 Å². The van der Waals surface area contributed by atoms with Crippen LogP contribution in [0.1, 0.15) is 11.1 Å². The van der Waals surface area contributed by atoms with Crippen molar-refractivity contribution in [2.24, 2.45) is 0 Å². The van der Waals surface area contributed by atoms with Crippen LogP contribution in [0.25, 0.3) is 0 Å². The first kappa shape index (κ1) is 9.88. The average molecular weight is 378 g/mol. The van der Waals surface area contributed by atoms with E-state index in [-0.39, 0.29) is 0 Å². The van der Waals surface area contributed by atoms with Crippen LogP contribution in [0.2, 0.25) is 0 Å². The minimum absolute atomic E-state index is 1.03. The molecule has 0 saturated heterocycles. The fourth-order valence-electron chi connectivity index (χ4n) is 0.746. The van der Waals surface area contributed by atoms with Crippen LogP contribution in [0, 0.1) is 19.7 Å². The lowest BCUT2D eigenvalue weighted by Crippen LogP contribution is -1.75. The summed E-state index contributed by atoms with van der Waals surface area (Å²) in [6.45, 7) is 0. The van der Waals surface area contributed by atoms with Crippen molar-refractivity contribution < 1.29 is 0 Å². The van der Waals surface area contributed by atoms with Gasteiger partial charge in [-0.15, -0.1) is 0 Å². The summed E-state index contributed by atoms with van der Waals surface area (Å²) < 4.78 is 5.64. The van der Waals surface area contributed by atoms with Crippen molar-refractivity contribution in [3.63, 3.8) is 0 Å². The van der Waals surface area contributed by atoms with Gasteiger partial charge < -0.3 is 0 Å². The molecule has 0 aliphatic heterocycles. The Hall–Kier alpha value is -0.200. The van der Waals surface area contributed by atoms with Gasteiger partial charge in [-0.3, -0.25) is 0 Å². The maximum atomic E-state index is 2.96. The lowest BCUT2D eigenvalue weighted by atomic mass is 10.1. The van der Waals surface area contributed by atoms with E-state index in [9.17, 15) is 0 Å². The minimum Gasteiger partial charge on any atom is -0.0556 e. The summed E-state index contributed by atoms with van der Waals surface area (Å²) in [6.07, 6.45) is 0. The van der Waals surface area contributed by atoms with Gasteiger partial charge in [-0.2, -0.15) is 0 Å². The molecule has 0 spiro atoms. The summed E-state index contributed by atoms with van der Waals surface area (Å²) in [5.41, 5.74) is 2.06. The van der Waals surface area contributed by atoms with Gasteiger partial charge in [0.25, 0.3) is 0 Å². The number of benzene rings is 1. The van der Waals surface area contributed by atoms with Gasteiger partial charge in [-0.05, 0) is 32.1 Å². The quantitative estimate of drug-likeness (QED) is 0.481. The molecule has 1 aromatic rings. The molecule has 0 aliphatic rings. The maximum Gasteiger partial charge on any atom is 0.0254 e. The van der Waals surface area contributed by atoms with Crippen molar-refractivity contribution in [1.82, 2.24) is 0 Å². The molecule has 0 heterocycles. The van der Waals surface area contributed by atoms with Gasteiger partial charge in [0.05, 0.1) is 0 Å². The van der Waals surface area contributed by atoms with Crippen LogP contribution in [0.3, 0.4) is 0 Å². The molecular weight excluding hydrogens is 374 g/mol. The second-order valence-corrected chi connectivity index (χ2v) is 3.10. The van der Waals surface area contributed by atoms with Crippen molar-refractivity contribution in [2.45, 2.75) is 0 Å². The summed E-state index contributed by atoms with van der Waals surface area (Å²) >= 11 is 4.05. The third kappa shape index (κ3) is 3.04. The summed E-state index contributed by atoms with van der Waals surface area (Å²) in [7, 11) is 0. The molecule has 0 unspecified atom stereocenters. The van der Waals surface area contributed by atoms with Crippen molar-refractivity contribution in [1.29, 1.82) is 0 Å². The molecule has 1 aromatic carbocycles. The van der Waals surface area contributed by atoms with Gasteiger partial charge in [-0.1, -0.05) is 11.8 Å². The number of halogens is 2. The predicted octanol–water partition coefficient (Wildman–Crippen LogP) is 3.17. The monoisotopic (exact) mass is 378 g/mol. The van der Waals surface area contributed by atoms with Crippen molar-refractivity contribution in [3.8, 4) is 19.7 Å². The van der Waals surface area contributed by atoms with Crippen LogP contribution in [0.5, 0.6) is 0 Å². The fraction of sp³-hybridized carbons (Fsp3) is 0. The molecule has 0 atom stereocenters. The molecule has 0 N–H and O–H groups in total. The molecule has 0 saturated carbocycles. The van der Waals surface area contributed by atoms with Crippen LogP contribution in [-0.4, -0.2) is 0 Å². The van der Waals surface area contributed by atoms with Crippen LogP contribution >= 0.6 is 45.2 Å². The zero-order chi connectivity index (χ0) is 8.81. The Labute approximate surface area is 99.4 Å². The zero-order valence-electron chi connectivity index (χ0n) is 6.07. The Kier molecular flexibility index (Phi) is 4.49. The molecule has 0 aliphatic carbocycles. The Morgan fingerprint density at radius 2 is 1.08 bits per heavy atom. The molecule has 12 heavy (non-hydrogen) atoms. The van der Waals surface area contributed by atoms with Gasteiger partial charge in [0.1, 0.15) is 0 Å². The van der Waals surface area contributed by atoms with E-state index >= 15 is 0 Å². The summed E-state index contributed by atoms with van der Waals surface area (Å²) in [5.74, 6) is 5.93. The molecule has 58 valence electrons. The van der Waals surface area contributed by atoms with E-state index in [1.54, 1.807) is 0 Å². The van der Waals surface area contributed by atoms with Crippen molar-refractivity contribution >= 4 is 45.2 Å². The maximum absolute atomic E-state index is 2.96. The molecule has 2 heteroatoms. The van der Waals surface area contributed by atoms with E-state index in [1.165, 1.54) is 0 Å². The highest BCUT2D eigenvalue weighted by Gasteiger charge is 1.86. The Morgan fingerprint density at radius 3 is 1.33 bits per heavy atom. The molecule has 1 rings (SSSR count). The molecule has 0 fully saturated rings. The number of rotatable bonds is 0. The Morgan fingerprint density at radius 1 is 0.750 bits per heavy atom. The van der Waals surface area contributed by atoms with E-state index in [0.29, 0.717) is 0 Å². The first-order valence-corrected chi connectivity index (χ1v) is 5.36. The smallest absolute Gasteiger partial charge is 0.0254 e. The molecule has 0 nitrogen and oxygen atoms in total. The van der Waals surface area contributed by atoms with Gasteiger partial charge in [-0.25, -0.2) is 0 Å². The highest BCUT2D eigenvalue weighted by molar-refractivity contribution is 14.1. The minimum atomic E-state index is 1.03. The summed E-state index contributed by atoms with van der Waals surface area (Å²) in [4.78, 5) is 0.